The van der Waals surface area contributed by atoms with Crippen molar-refractivity contribution in [3.8, 4) is 16.8 Å². The average Bonchev–Trinajstić information content (AvgIpc) is 3.96. The van der Waals surface area contributed by atoms with Crippen LogP contribution >= 0.6 is 11.3 Å². The Morgan fingerprint density at radius 3 is 2.21 bits per heavy atom. The molecule has 0 amide bonds. The van der Waals surface area contributed by atoms with Gasteiger partial charge in [-0.25, -0.2) is 9.98 Å². The normalized spacial score (nSPS) is 15.8. The van der Waals surface area contributed by atoms with E-state index in [4.69, 9.17) is 14.4 Å². The van der Waals surface area contributed by atoms with Gasteiger partial charge in [-0.2, -0.15) is 0 Å². The Kier molecular flexibility index (Phi) is 7.22. The van der Waals surface area contributed by atoms with Crippen molar-refractivity contribution < 1.29 is 4.42 Å². The molecule has 6 heteroatoms. The molecule has 0 radical (unpaired) electrons. The van der Waals surface area contributed by atoms with Gasteiger partial charge in [-0.05, 0) is 54.8 Å². The molecule has 10 aromatic rings. The zero-order chi connectivity index (χ0) is 37.5. The van der Waals surface area contributed by atoms with E-state index in [2.05, 4.69) is 162 Å². The molecule has 0 saturated carbocycles. The quantitative estimate of drug-likeness (QED) is 0.190. The van der Waals surface area contributed by atoms with Gasteiger partial charge in [-0.3, -0.25) is 0 Å². The molecule has 270 valence electrons. The van der Waals surface area contributed by atoms with Crippen LogP contribution in [0.4, 0.5) is 0 Å². The molecule has 1 N–H and O–H groups in total. The number of para-hydroxylation sites is 2. The third-order valence-electron chi connectivity index (χ3n) is 11.5. The second-order valence-corrected chi connectivity index (χ2v) is 15.9. The molecule has 3 aromatic heterocycles. The first-order valence-corrected chi connectivity index (χ1v) is 20.3. The lowest BCUT2D eigenvalue weighted by atomic mass is 9.96. The van der Waals surface area contributed by atoms with Crippen molar-refractivity contribution in [2.24, 2.45) is 9.98 Å². The Bertz CT molecular complexity index is 3340. The van der Waals surface area contributed by atoms with Gasteiger partial charge >= 0.3 is 0 Å². The number of aliphatic imine (C=N–C) groups is 2. The van der Waals surface area contributed by atoms with Gasteiger partial charge in [0.05, 0.1) is 11.0 Å². The fourth-order valence-corrected chi connectivity index (χ4v) is 10.2. The molecule has 1 unspecified atom stereocenters. The number of rotatable bonds is 5. The largest absolute Gasteiger partial charge is 0.456 e. The third kappa shape index (κ3) is 5.07. The molecule has 5 nitrogen and oxygen atoms in total. The van der Waals surface area contributed by atoms with Gasteiger partial charge in [0, 0.05) is 75.7 Å². The molecule has 1 aliphatic carbocycles. The summed E-state index contributed by atoms with van der Waals surface area (Å²) in [6.07, 6.45) is 8.43. The van der Waals surface area contributed by atoms with Crippen LogP contribution in [-0.4, -0.2) is 16.2 Å². The lowest BCUT2D eigenvalue weighted by Gasteiger charge is -2.25. The Morgan fingerprint density at radius 2 is 1.39 bits per heavy atom. The van der Waals surface area contributed by atoms with E-state index >= 15 is 0 Å². The first-order chi connectivity index (χ1) is 28.3. The standard InChI is InChI=1S/C51H34N4OS/c1-3-14-31(15-4-1)49-52-50(32-16-5-2-6-17-32)54-51(53-49)40-23-13-27-45-47(40)39-22-11-21-37(48(39)57-45)36-20-12-26-43-46(36)38-29-28-33(30-44(38)56-43)55-41-24-9-7-18-34(41)35-19-8-10-25-42(35)55/h1,3-5,7-30,51H,2,6H2,(H,52,53,54). The van der Waals surface area contributed by atoms with Crippen LogP contribution in [0.2, 0.25) is 0 Å². The number of benzene rings is 7. The zero-order valence-electron chi connectivity index (χ0n) is 30.8. The Hall–Kier alpha value is -7.02. The van der Waals surface area contributed by atoms with E-state index in [0.717, 1.165) is 68.8 Å². The maximum Gasteiger partial charge on any atom is 0.159 e. The van der Waals surface area contributed by atoms with Crippen molar-refractivity contribution in [1.29, 1.82) is 0 Å². The van der Waals surface area contributed by atoms with Crippen LogP contribution in [0.5, 0.6) is 0 Å². The summed E-state index contributed by atoms with van der Waals surface area (Å²) in [5.74, 6) is 1.60. The van der Waals surface area contributed by atoms with Gasteiger partial charge in [0.25, 0.3) is 0 Å². The van der Waals surface area contributed by atoms with E-state index in [1.54, 1.807) is 0 Å². The summed E-state index contributed by atoms with van der Waals surface area (Å²) >= 11 is 1.84. The average molecular weight is 751 g/mol. The van der Waals surface area contributed by atoms with Crippen LogP contribution in [0.3, 0.4) is 0 Å². The van der Waals surface area contributed by atoms with Gasteiger partial charge in [-0.15, -0.1) is 11.3 Å². The van der Waals surface area contributed by atoms with E-state index in [0.29, 0.717) is 0 Å². The molecule has 7 aromatic carbocycles. The number of nitrogens with one attached hydrogen (secondary N) is 1. The molecule has 0 fully saturated rings. The number of thiophene rings is 1. The first kappa shape index (κ1) is 32.2. The van der Waals surface area contributed by atoms with Gasteiger partial charge < -0.3 is 14.3 Å². The number of hydrogen-bond donors (Lipinski definition) is 1. The monoisotopic (exact) mass is 750 g/mol. The molecule has 0 bridgehead atoms. The number of hydrogen-bond acceptors (Lipinski definition) is 5. The summed E-state index contributed by atoms with van der Waals surface area (Å²) in [4.78, 5) is 10.3. The van der Waals surface area contributed by atoms with Gasteiger partial charge in [0.15, 0.2) is 5.84 Å². The zero-order valence-corrected chi connectivity index (χ0v) is 31.6. The SMILES string of the molecule is C1=CC(C2=NC(c3ccccc3)=NC(c3cccc4sc5c(-c6cccc7oc8cc(-n9c%10ccccc%10c%10ccccc%109)ccc8c67)cccc5c34)N2)=CCC1. The van der Waals surface area contributed by atoms with Gasteiger partial charge in [0.2, 0.25) is 0 Å². The molecule has 12 rings (SSSR count). The van der Waals surface area contributed by atoms with E-state index in [9.17, 15) is 0 Å². The first-order valence-electron chi connectivity index (χ1n) is 19.5. The summed E-state index contributed by atoms with van der Waals surface area (Å²) in [7, 11) is 0. The summed E-state index contributed by atoms with van der Waals surface area (Å²) in [5.41, 5.74) is 10.8. The van der Waals surface area contributed by atoms with Crippen LogP contribution in [0.25, 0.3) is 80.7 Å². The Balaban J connectivity index is 1.01. The molecule has 2 aliphatic rings. The number of allylic oxidation sites excluding steroid dienone is 2. The summed E-state index contributed by atoms with van der Waals surface area (Å²) in [6.45, 7) is 0. The van der Waals surface area contributed by atoms with Crippen molar-refractivity contribution in [3.05, 3.63) is 187 Å². The molecule has 1 atom stereocenters. The lowest BCUT2D eigenvalue weighted by Crippen LogP contribution is -2.34. The minimum Gasteiger partial charge on any atom is -0.456 e. The molecule has 1 aliphatic heterocycles. The third-order valence-corrected chi connectivity index (χ3v) is 12.7. The number of furan rings is 1. The van der Waals surface area contributed by atoms with E-state index in [1.807, 2.05) is 29.5 Å². The topological polar surface area (TPSA) is 54.8 Å². The number of fused-ring (bicyclic) bond motifs is 9. The Morgan fingerprint density at radius 1 is 0.632 bits per heavy atom. The van der Waals surface area contributed by atoms with Crippen molar-refractivity contribution in [1.82, 2.24) is 9.88 Å². The van der Waals surface area contributed by atoms with E-state index in [-0.39, 0.29) is 6.17 Å². The van der Waals surface area contributed by atoms with Gasteiger partial charge in [0.1, 0.15) is 23.2 Å². The second-order valence-electron chi connectivity index (χ2n) is 14.8. The van der Waals surface area contributed by atoms with E-state index < -0.39 is 0 Å². The Labute approximate surface area is 332 Å². The number of nitrogens with zero attached hydrogens (tertiary/aromatic N) is 3. The minimum absolute atomic E-state index is 0.306. The molecular weight excluding hydrogens is 717 g/mol. The van der Waals surface area contributed by atoms with Crippen LogP contribution in [0.1, 0.15) is 30.1 Å². The molecule has 57 heavy (non-hydrogen) atoms. The highest BCUT2D eigenvalue weighted by Gasteiger charge is 2.26. The maximum absolute atomic E-state index is 6.70. The van der Waals surface area contributed by atoms with Crippen molar-refractivity contribution in [2.45, 2.75) is 19.0 Å². The fourth-order valence-electron chi connectivity index (χ4n) is 8.96. The fraction of sp³-hybridized carbons (Fsp3) is 0.0588. The molecule has 4 heterocycles. The van der Waals surface area contributed by atoms with Crippen LogP contribution in [0.15, 0.2) is 190 Å². The molecule has 0 spiro atoms. The van der Waals surface area contributed by atoms with E-state index in [1.165, 1.54) is 53.1 Å². The van der Waals surface area contributed by atoms with Crippen LogP contribution in [0, 0.1) is 0 Å². The van der Waals surface area contributed by atoms with Crippen molar-refractivity contribution >= 4 is 86.9 Å². The maximum atomic E-state index is 6.70. The predicted octanol–water partition coefficient (Wildman–Crippen LogP) is 13.4. The summed E-state index contributed by atoms with van der Waals surface area (Å²) in [5, 5.41) is 10.9. The predicted molar refractivity (Wildman–Crippen MR) is 239 cm³/mol. The second kappa shape index (κ2) is 12.8. The lowest BCUT2D eigenvalue weighted by molar-refractivity contribution is 0.668. The smallest absolute Gasteiger partial charge is 0.159 e. The highest BCUT2D eigenvalue weighted by atomic mass is 32.1. The van der Waals surface area contributed by atoms with Crippen molar-refractivity contribution in [2.75, 3.05) is 0 Å². The highest BCUT2D eigenvalue weighted by Crippen LogP contribution is 2.46. The van der Waals surface area contributed by atoms with Crippen molar-refractivity contribution in [3.63, 3.8) is 0 Å². The summed E-state index contributed by atoms with van der Waals surface area (Å²) in [6, 6.07) is 54.0. The molecular formula is C51H34N4OS. The molecule has 0 saturated heterocycles. The van der Waals surface area contributed by atoms with Gasteiger partial charge in [-0.1, -0.05) is 127 Å². The summed E-state index contributed by atoms with van der Waals surface area (Å²) < 4.78 is 11.5. The number of amidine groups is 2. The highest BCUT2D eigenvalue weighted by molar-refractivity contribution is 7.26. The minimum atomic E-state index is -0.306. The van der Waals surface area contributed by atoms with Crippen LogP contribution in [-0.2, 0) is 0 Å². The van der Waals surface area contributed by atoms with Crippen LogP contribution < -0.4 is 5.32 Å². The number of aromatic nitrogens is 1.